The Morgan fingerprint density at radius 3 is 2.95 bits per heavy atom. The number of rotatable bonds is 6. The molecular weight excluding hydrogens is 294 g/mol. The molecule has 1 aliphatic rings. The Kier molecular flexibility index (Phi) is 3.54. The number of aromatic nitrogens is 4. The summed E-state index contributed by atoms with van der Waals surface area (Å²) in [5, 5.41) is 7.97. The zero-order chi connectivity index (χ0) is 15.0. The van der Waals surface area contributed by atoms with Gasteiger partial charge in [-0.2, -0.15) is 14.8 Å². The van der Waals surface area contributed by atoms with Gasteiger partial charge in [-0.05, 0) is 32.8 Å². The number of hydrogen-bond acceptors (Lipinski definition) is 6. The van der Waals surface area contributed by atoms with Crippen LogP contribution in [0.2, 0.25) is 0 Å². The Labute approximate surface area is 122 Å². The average Bonchev–Trinajstić information content (AvgIpc) is 3.00. The fraction of sp³-hybridized carbons (Fsp3) is 0.583. The molecule has 0 radical (unpaired) electrons. The van der Waals surface area contributed by atoms with Crippen LogP contribution < -0.4 is 4.72 Å². The van der Waals surface area contributed by atoms with Crippen molar-refractivity contribution in [2.75, 3.05) is 0 Å². The molecule has 2 aromatic heterocycles. The van der Waals surface area contributed by atoms with Crippen molar-refractivity contribution in [3.05, 3.63) is 24.0 Å². The van der Waals surface area contributed by atoms with E-state index >= 15 is 0 Å². The topological polar surface area (TPSA) is 103 Å². The molecule has 0 aromatic carbocycles. The molecule has 9 heteroatoms. The molecule has 1 aliphatic carbocycles. The predicted octanol–water partition coefficient (Wildman–Crippen LogP) is 1.20. The van der Waals surface area contributed by atoms with Gasteiger partial charge in [0, 0.05) is 12.5 Å². The Hall–Kier alpha value is -1.74. The predicted molar refractivity (Wildman–Crippen MR) is 72.9 cm³/mol. The molecule has 1 N–H and O–H groups in total. The minimum absolute atomic E-state index is 0.124. The van der Waals surface area contributed by atoms with E-state index < -0.39 is 16.1 Å². The summed E-state index contributed by atoms with van der Waals surface area (Å²) in [6.07, 6.45) is 3.59. The van der Waals surface area contributed by atoms with Crippen molar-refractivity contribution in [1.29, 1.82) is 0 Å². The van der Waals surface area contributed by atoms with Gasteiger partial charge in [-0.15, -0.1) is 0 Å². The average molecular weight is 311 g/mol. The third-order valence-electron chi connectivity index (χ3n) is 3.35. The molecule has 114 valence electrons. The lowest BCUT2D eigenvalue weighted by molar-refractivity contribution is 0.349. The van der Waals surface area contributed by atoms with Crippen molar-refractivity contribution in [2.45, 2.75) is 50.2 Å². The molecular formula is C12H17N5O3S. The molecule has 21 heavy (non-hydrogen) atoms. The van der Waals surface area contributed by atoms with E-state index in [1.54, 1.807) is 6.92 Å². The van der Waals surface area contributed by atoms with Gasteiger partial charge in [0.2, 0.25) is 5.89 Å². The molecule has 0 spiro atoms. The van der Waals surface area contributed by atoms with Crippen LogP contribution in [0.15, 0.2) is 21.8 Å². The summed E-state index contributed by atoms with van der Waals surface area (Å²) in [5.41, 5.74) is 0. The highest BCUT2D eigenvalue weighted by molar-refractivity contribution is 7.89. The largest absolute Gasteiger partial charge is 0.338 e. The van der Waals surface area contributed by atoms with Gasteiger partial charge in [0.05, 0.1) is 12.2 Å². The number of sulfonamides is 1. The summed E-state index contributed by atoms with van der Waals surface area (Å²) in [6.45, 7) is 3.98. The van der Waals surface area contributed by atoms with Crippen molar-refractivity contribution in [2.24, 2.45) is 0 Å². The summed E-state index contributed by atoms with van der Waals surface area (Å²) in [7, 11) is -3.68. The van der Waals surface area contributed by atoms with E-state index in [4.69, 9.17) is 4.52 Å². The molecule has 0 aliphatic heterocycles. The second-order valence-corrected chi connectivity index (χ2v) is 6.75. The second-order valence-electron chi connectivity index (χ2n) is 5.09. The van der Waals surface area contributed by atoms with Crippen LogP contribution in [0.4, 0.5) is 0 Å². The van der Waals surface area contributed by atoms with Crippen LogP contribution in [0.25, 0.3) is 0 Å². The van der Waals surface area contributed by atoms with Crippen LogP contribution in [-0.2, 0) is 16.6 Å². The molecule has 1 fully saturated rings. The third-order valence-corrected chi connectivity index (χ3v) is 4.92. The molecule has 3 rings (SSSR count). The summed E-state index contributed by atoms with van der Waals surface area (Å²) in [6, 6.07) is 0.873. The fourth-order valence-electron chi connectivity index (χ4n) is 2.06. The zero-order valence-electron chi connectivity index (χ0n) is 11.9. The molecule has 0 bridgehead atoms. The highest BCUT2D eigenvalue weighted by Crippen LogP contribution is 2.38. The van der Waals surface area contributed by atoms with Gasteiger partial charge in [-0.3, -0.25) is 4.68 Å². The van der Waals surface area contributed by atoms with Crippen molar-refractivity contribution in [1.82, 2.24) is 24.6 Å². The quantitative estimate of drug-likeness (QED) is 0.860. The van der Waals surface area contributed by atoms with Gasteiger partial charge in [0.25, 0.3) is 10.0 Å². The van der Waals surface area contributed by atoms with E-state index in [9.17, 15) is 8.42 Å². The summed E-state index contributed by atoms with van der Waals surface area (Å²) < 4.78 is 33.8. The zero-order valence-corrected chi connectivity index (χ0v) is 12.7. The summed E-state index contributed by atoms with van der Waals surface area (Å²) in [5.74, 6) is 1.31. The maximum absolute atomic E-state index is 12.3. The summed E-state index contributed by atoms with van der Waals surface area (Å²) >= 11 is 0. The molecule has 1 atom stereocenters. The van der Waals surface area contributed by atoms with Gasteiger partial charge < -0.3 is 4.52 Å². The maximum Gasteiger partial charge on any atom is 0.258 e. The van der Waals surface area contributed by atoms with E-state index in [0.29, 0.717) is 18.3 Å². The lowest BCUT2D eigenvalue weighted by Gasteiger charge is -2.11. The van der Waals surface area contributed by atoms with Gasteiger partial charge in [-0.25, -0.2) is 8.42 Å². The van der Waals surface area contributed by atoms with Gasteiger partial charge in [0.15, 0.2) is 10.9 Å². The van der Waals surface area contributed by atoms with Gasteiger partial charge in [0.1, 0.15) is 0 Å². The van der Waals surface area contributed by atoms with Gasteiger partial charge in [-0.1, -0.05) is 5.16 Å². The number of nitrogens with zero attached hydrogens (tertiary/aromatic N) is 4. The van der Waals surface area contributed by atoms with Crippen LogP contribution in [0, 0.1) is 0 Å². The number of aryl methyl sites for hydroxylation is 1. The molecule has 2 heterocycles. The highest BCUT2D eigenvalue weighted by atomic mass is 32.2. The SMILES string of the molecule is CCn1nccc1S(=O)(=O)N[C@H](C)c1nc(C2CC2)no1. The Morgan fingerprint density at radius 1 is 1.52 bits per heavy atom. The first kappa shape index (κ1) is 14.2. The van der Waals surface area contributed by atoms with Crippen molar-refractivity contribution >= 4 is 10.0 Å². The van der Waals surface area contributed by atoms with Crippen LogP contribution in [-0.4, -0.2) is 28.3 Å². The van der Waals surface area contributed by atoms with E-state index in [0.717, 1.165) is 12.8 Å². The molecule has 8 nitrogen and oxygen atoms in total. The highest BCUT2D eigenvalue weighted by Gasteiger charge is 2.31. The maximum atomic E-state index is 12.3. The molecule has 1 saturated carbocycles. The third kappa shape index (κ3) is 2.84. The second kappa shape index (κ2) is 5.23. The van der Waals surface area contributed by atoms with Crippen LogP contribution >= 0.6 is 0 Å². The lowest BCUT2D eigenvalue weighted by atomic mass is 10.3. The smallest absolute Gasteiger partial charge is 0.258 e. The first-order chi connectivity index (χ1) is 10.0. The number of hydrogen-bond donors (Lipinski definition) is 1. The lowest BCUT2D eigenvalue weighted by Crippen LogP contribution is -2.29. The fourth-order valence-corrected chi connectivity index (χ4v) is 3.44. The van der Waals surface area contributed by atoms with Crippen molar-refractivity contribution in [3.8, 4) is 0 Å². The van der Waals surface area contributed by atoms with E-state index in [1.807, 2.05) is 6.92 Å². The standard InChI is InChI=1S/C12H17N5O3S/c1-3-17-10(6-7-13-17)21(18,19)16-8(2)12-14-11(15-20-12)9-4-5-9/h6-9,16H,3-5H2,1-2H3/t8-/m1/s1. The Balaban J connectivity index is 1.77. The van der Waals surface area contributed by atoms with E-state index in [1.165, 1.54) is 16.9 Å². The number of nitrogens with one attached hydrogen (secondary N) is 1. The molecule has 2 aromatic rings. The van der Waals surface area contributed by atoms with Crippen molar-refractivity contribution < 1.29 is 12.9 Å². The summed E-state index contributed by atoms with van der Waals surface area (Å²) in [4.78, 5) is 4.25. The van der Waals surface area contributed by atoms with E-state index in [-0.39, 0.29) is 10.9 Å². The minimum Gasteiger partial charge on any atom is -0.338 e. The first-order valence-corrected chi connectivity index (χ1v) is 8.37. The van der Waals surface area contributed by atoms with Crippen molar-refractivity contribution in [3.63, 3.8) is 0 Å². The van der Waals surface area contributed by atoms with Crippen LogP contribution in [0.3, 0.4) is 0 Å². The minimum atomic E-state index is -3.68. The normalized spacial score (nSPS) is 17.0. The first-order valence-electron chi connectivity index (χ1n) is 6.89. The molecule has 0 saturated heterocycles. The molecule has 0 unspecified atom stereocenters. The van der Waals surface area contributed by atoms with E-state index in [2.05, 4.69) is 20.0 Å². The van der Waals surface area contributed by atoms with Crippen LogP contribution in [0.1, 0.15) is 50.4 Å². The molecule has 0 amide bonds. The monoisotopic (exact) mass is 311 g/mol. The Bertz CT molecular complexity index is 732. The van der Waals surface area contributed by atoms with Gasteiger partial charge >= 0.3 is 0 Å². The van der Waals surface area contributed by atoms with Crippen LogP contribution in [0.5, 0.6) is 0 Å². The Morgan fingerprint density at radius 2 is 2.29 bits per heavy atom.